The summed E-state index contributed by atoms with van der Waals surface area (Å²) in [5.41, 5.74) is 3.20. The van der Waals surface area contributed by atoms with Crippen molar-refractivity contribution < 1.29 is 9.63 Å². The van der Waals surface area contributed by atoms with Crippen LogP contribution in [0.15, 0.2) is 53.7 Å². The Bertz CT molecular complexity index is 698. The summed E-state index contributed by atoms with van der Waals surface area (Å²) in [6.45, 7) is 2.31. The number of hydrogen-bond acceptors (Lipinski definition) is 4. The van der Waals surface area contributed by atoms with Gasteiger partial charge >= 0.3 is 0 Å². The minimum Gasteiger partial charge on any atom is -0.387 e. The Labute approximate surface area is 129 Å². The van der Waals surface area contributed by atoms with E-state index in [0.717, 1.165) is 17.0 Å². The van der Waals surface area contributed by atoms with Gasteiger partial charge in [-0.25, -0.2) is 0 Å². The maximum atomic E-state index is 12.1. The van der Waals surface area contributed by atoms with Gasteiger partial charge in [-0.3, -0.25) is 9.78 Å². The number of carbonyl (C=O) groups is 1. The molecule has 2 aromatic rings. The van der Waals surface area contributed by atoms with Crippen molar-refractivity contribution in [3.05, 3.63) is 65.5 Å². The minimum absolute atomic E-state index is 0.181. The summed E-state index contributed by atoms with van der Waals surface area (Å²) in [7, 11) is 0. The molecule has 2 heterocycles. The fourth-order valence-corrected chi connectivity index (χ4v) is 2.33. The number of aromatic nitrogens is 1. The second-order valence-corrected chi connectivity index (χ2v) is 5.20. The molecule has 1 aliphatic heterocycles. The molecule has 1 aromatic carbocycles. The van der Waals surface area contributed by atoms with E-state index in [4.69, 9.17) is 4.84 Å². The normalized spacial score (nSPS) is 16.8. The van der Waals surface area contributed by atoms with Gasteiger partial charge in [-0.15, -0.1) is 0 Å². The first-order valence-corrected chi connectivity index (χ1v) is 7.21. The summed E-state index contributed by atoms with van der Waals surface area (Å²) in [5, 5.41) is 6.74. The Hall–Kier alpha value is -2.69. The van der Waals surface area contributed by atoms with Gasteiger partial charge < -0.3 is 10.2 Å². The number of carbonyl (C=O) groups excluding carboxylic acids is 1. The Morgan fingerprint density at radius 2 is 2.05 bits per heavy atom. The highest BCUT2D eigenvalue weighted by Gasteiger charge is 2.27. The number of nitrogens with zero attached hydrogens (tertiary/aromatic N) is 2. The summed E-state index contributed by atoms with van der Waals surface area (Å²) in [6, 6.07) is 15.5. The zero-order valence-corrected chi connectivity index (χ0v) is 12.3. The number of nitrogens with one attached hydrogen (secondary N) is 1. The van der Waals surface area contributed by atoms with Crippen LogP contribution < -0.4 is 5.32 Å². The van der Waals surface area contributed by atoms with Crippen molar-refractivity contribution in [2.75, 3.05) is 0 Å². The Kier molecular flexibility index (Phi) is 4.14. The maximum absolute atomic E-state index is 12.1. The molecule has 22 heavy (non-hydrogen) atoms. The van der Waals surface area contributed by atoms with Gasteiger partial charge in [0, 0.05) is 12.1 Å². The first-order chi connectivity index (χ1) is 10.7. The quantitative estimate of drug-likeness (QED) is 0.942. The zero-order valence-electron chi connectivity index (χ0n) is 12.3. The molecule has 5 nitrogen and oxygen atoms in total. The van der Waals surface area contributed by atoms with Crippen LogP contribution in [0.25, 0.3) is 0 Å². The second kappa shape index (κ2) is 6.39. The van der Waals surface area contributed by atoms with Gasteiger partial charge in [-0.05, 0) is 24.6 Å². The molecule has 112 valence electrons. The molecule has 0 saturated carbocycles. The molecule has 1 unspecified atom stereocenters. The first kappa shape index (κ1) is 14.3. The van der Waals surface area contributed by atoms with Crippen molar-refractivity contribution in [3.8, 4) is 0 Å². The third-order valence-corrected chi connectivity index (χ3v) is 3.48. The van der Waals surface area contributed by atoms with E-state index in [1.807, 2.05) is 55.5 Å². The van der Waals surface area contributed by atoms with Crippen molar-refractivity contribution in [2.45, 2.75) is 26.0 Å². The Morgan fingerprint density at radius 3 is 2.82 bits per heavy atom. The van der Waals surface area contributed by atoms with Crippen LogP contribution in [0.3, 0.4) is 0 Å². The first-order valence-electron chi connectivity index (χ1n) is 7.21. The molecular weight excluding hydrogens is 278 g/mol. The lowest BCUT2D eigenvalue weighted by Crippen LogP contribution is -2.30. The van der Waals surface area contributed by atoms with E-state index in [-0.39, 0.29) is 12.0 Å². The van der Waals surface area contributed by atoms with E-state index < -0.39 is 0 Å². The molecule has 0 aliphatic carbocycles. The highest BCUT2D eigenvalue weighted by Crippen LogP contribution is 2.26. The number of pyridine rings is 1. The van der Waals surface area contributed by atoms with Crippen LogP contribution in [0, 0.1) is 6.92 Å². The molecule has 5 heteroatoms. The van der Waals surface area contributed by atoms with Crippen LogP contribution in [0.5, 0.6) is 0 Å². The maximum Gasteiger partial charge on any atom is 0.269 e. The van der Waals surface area contributed by atoms with Crippen LogP contribution >= 0.6 is 0 Å². The van der Waals surface area contributed by atoms with E-state index in [2.05, 4.69) is 15.5 Å². The predicted octanol–water partition coefficient (Wildman–Crippen LogP) is 2.52. The molecule has 0 radical (unpaired) electrons. The average Bonchev–Trinajstić information content (AvgIpc) is 3.04. The lowest BCUT2D eigenvalue weighted by atomic mass is 10.0. The van der Waals surface area contributed by atoms with Gasteiger partial charge in [0.05, 0.1) is 12.2 Å². The standard InChI is InChI=1S/C17H17N3O2/c1-12-6-5-9-14(19-12)11-18-17(21)15-10-16(22-20-15)13-7-3-2-4-8-13/h2-9,16H,10-11H2,1H3,(H,18,21). The number of hydrogen-bond donors (Lipinski definition) is 1. The van der Waals surface area contributed by atoms with Crippen LogP contribution in [0.4, 0.5) is 0 Å². The van der Waals surface area contributed by atoms with Gasteiger partial charge in [0.25, 0.3) is 5.91 Å². The van der Waals surface area contributed by atoms with E-state index in [1.54, 1.807) is 0 Å². The fourth-order valence-electron chi connectivity index (χ4n) is 2.33. The molecule has 1 aliphatic rings. The molecule has 1 aromatic heterocycles. The van der Waals surface area contributed by atoms with Gasteiger partial charge in [0.15, 0.2) is 6.10 Å². The largest absolute Gasteiger partial charge is 0.387 e. The van der Waals surface area contributed by atoms with E-state index >= 15 is 0 Å². The van der Waals surface area contributed by atoms with Gasteiger partial charge in [-0.2, -0.15) is 0 Å². The summed E-state index contributed by atoms with van der Waals surface area (Å²) >= 11 is 0. The van der Waals surface area contributed by atoms with Crippen LogP contribution in [-0.4, -0.2) is 16.6 Å². The van der Waals surface area contributed by atoms with Crippen molar-refractivity contribution in [1.29, 1.82) is 0 Å². The summed E-state index contributed by atoms with van der Waals surface area (Å²) in [6.07, 6.45) is 0.302. The number of benzene rings is 1. The van der Waals surface area contributed by atoms with Crippen molar-refractivity contribution in [2.24, 2.45) is 5.16 Å². The van der Waals surface area contributed by atoms with Gasteiger partial charge in [0.2, 0.25) is 0 Å². The SMILES string of the molecule is Cc1cccc(CNC(=O)C2=NOC(c3ccccc3)C2)n1. The molecule has 0 spiro atoms. The summed E-state index contributed by atoms with van der Waals surface area (Å²) in [4.78, 5) is 21.8. The molecule has 1 amide bonds. The average molecular weight is 295 g/mol. The smallest absolute Gasteiger partial charge is 0.269 e. The van der Waals surface area contributed by atoms with E-state index in [1.165, 1.54) is 0 Å². The Morgan fingerprint density at radius 1 is 1.23 bits per heavy atom. The van der Waals surface area contributed by atoms with Gasteiger partial charge in [-0.1, -0.05) is 41.6 Å². The molecule has 1 N–H and O–H groups in total. The van der Waals surface area contributed by atoms with E-state index in [9.17, 15) is 4.79 Å². The third-order valence-electron chi connectivity index (χ3n) is 3.48. The lowest BCUT2D eigenvalue weighted by molar-refractivity contribution is -0.115. The number of amides is 1. The number of rotatable bonds is 4. The van der Waals surface area contributed by atoms with Crippen LogP contribution in [0.2, 0.25) is 0 Å². The Balaban J connectivity index is 1.55. The van der Waals surface area contributed by atoms with Crippen molar-refractivity contribution in [1.82, 2.24) is 10.3 Å². The molecule has 1 atom stereocenters. The molecule has 0 bridgehead atoms. The van der Waals surface area contributed by atoms with Crippen LogP contribution in [-0.2, 0) is 16.2 Å². The molecule has 0 fully saturated rings. The highest BCUT2D eigenvalue weighted by molar-refractivity contribution is 6.39. The fraction of sp³-hybridized carbons (Fsp3) is 0.235. The van der Waals surface area contributed by atoms with E-state index in [0.29, 0.717) is 18.7 Å². The number of aryl methyl sites for hydroxylation is 1. The van der Waals surface area contributed by atoms with Crippen LogP contribution in [0.1, 0.15) is 29.5 Å². The minimum atomic E-state index is -0.207. The second-order valence-electron chi connectivity index (χ2n) is 5.20. The topological polar surface area (TPSA) is 63.6 Å². The lowest BCUT2D eigenvalue weighted by Gasteiger charge is -2.07. The van der Waals surface area contributed by atoms with Crippen molar-refractivity contribution >= 4 is 11.6 Å². The molecular formula is C17H17N3O2. The van der Waals surface area contributed by atoms with Crippen molar-refractivity contribution in [3.63, 3.8) is 0 Å². The van der Waals surface area contributed by atoms with Gasteiger partial charge in [0.1, 0.15) is 5.71 Å². The predicted molar refractivity (Wildman–Crippen MR) is 83.1 cm³/mol. The molecule has 3 rings (SSSR count). The zero-order chi connectivity index (χ0) is 15.4. The summed E-state index contributed by atoms with van der Waals surface area (Å²) in [5.74, 6) is -0.207. The monoisotopic (exact) mass is 295 g/mol. The third kappa shape index (κ3) is 3.31. The molecule has 0 saturated heterocycles. The number of oxime groups is 1. The summed E-state index contributed by atoms with van der Waals surface area (Å²) < 4.78 is 0. The highest BCUT2D eigenvalue weighted by atomic mass is 16.6.